The Hall–Kier alpha value is -2.70. The third kappa shape index (κ3) is 3.40. The Morgan fingerprint density at radius 1 is 1.20 bits per heavy atom. The Morgan fingerprint density at radius 3 is 2.72 bits per heavy atom. The van der Waals surface area contributed by atoms with Gasteiger partial charge in [0, 0.05) is 12.6 Å². The molecule has 1 saturated heterocycles. The number of Topliss-reactive ketones (excluding diaryl/α,β-unsaturated/α-hetero) is 1. The molecule has 0 spiro atoms. The SMILES string of the molecule is C[C@H]1CCCCN1C(=O)COC(=O)CN1C(=O)C(=O)c2ccccc21. The summed E-state index contributed by atoms with van der Waals surface area (Å²) in [6.07, 6.45) is 2.99. The molecule has 0 unspecified atom stereocenters. The van der Waals surface area contributed by atoms with Crippen LogP contribution in [0, 0.1) is 0 Å². The Bertz CT molecular complexity index is 730. The second kappa shape index (κ2) is 7.04. The molecule has 1 aromatic rings. The second-order valence-corrected chi connectivity index (χ2v) is 6.33. The van der Waals surface area contributed by atoms with E-state index >= 15 is 0 Å². The topological polar surface area (TPSA) is 84.0 Å². The fourth-order valence-corrected chi connectivity index (χ4v) is 3.27. The van der Waals surface area contributed by atoms with Crippen molar-refractivity contribution in [2.24, 2.45) is 0 Å². The predicted molar refractivity (Wildman–Crippen MR) is 89.1 cm³/mol. The molecule has 0 aliphatic carbocycles. The summed E-state index contributed by atoms with van der Waals surface area (Å²) in [4.78, 5) is 50.9. The highest BCUT2D eigenvalue weighted by molar-refractivity contribution is 6.52. The Balaban J connectivity index is 1.57. The second-order valence-electron chi connectivity index (χ2n) is 6.33. The van der Waals surface area contributed by atoms with Crippen molar-refractivity contribution in [1.29, 1.82) is 0 Å². The lowest BCUT2D eigenvalue weighted by atomic mass is 10.0. The smallest absolute Gasteiger partial charge is 0.326 e. The van der Waals surface area contributed by atoms with Gasteiger partial charge in [-0.2, -0.15) is 0 Å². The van der Waals surface area contributed by atoms with Crippen molar-refractivity contribution >= 4 is 29.3 Å². The van der Waals surface area contributed by atoms with Crippen molar-refractivity contribution in [3.8, 4) is 0 Å². The van der Waals surface area contributed by atoms with Gasteiger partial charge in [-0.05, 0) is 38.3 Å². The van der Waals surface area contributed by atoms with Gasteiger partial charge in [0.1, 0.15) is 6.54 Å². The number of hydrogen-bond acceptors (Lipinski definition) is 5. The van der Waals surface area contributed by atoms with Gasteiger partial charge in [-0.1, -0.05) is 12.1 Å². The van der Waals surface area contributed by atoms with E-state index in [2.05, 4.69) is 0 Å². The van der Waals surface area contributed by atoms with Gasteiger partial charge in [0.25, 0.3) is 17.6 Å². The van der Waals surface area contributed by atoms with Crippen LogP contribution in [0.2, 0.25) is 0 Å². The number of ketones is 1. The van der Waals surface area contributed by atoms with Crippen molar-refractivity contribution in [2.45, 2.75) is 32.2 Å². The molecule has 2 aliphatic rings. The molecule has 2 amide bonds. The van der Waals surface area contributed by atoms with Crippen LogP contribution in [0.3, 0.4) is 0 Å². The molecule has 1 atom stereocenters. The van der Waals surface area contributed by atoms with Gasteiger partial charge in [0.05, 0.1) is 11.3 Å². The molecular weight excluding hydrogens is 324 g/mol. The van der Waals surface area contributed by atoms with Crippen LogP contribution >= 0.6 is 0 Å². The fourth-order valence-electron chi connectivity index (χ4n) is 3.27. The summed E-state index contributed by atoms with van der Waals surface area (Å²) in [5.74, 6) is -2.34. The van der Waals surface area contributed by atoms with Crippen LogP contribution in [0.1, 0.15) is 36.5 Å². The number of rotatable bonds is 4. The average molecular weight is 344 g/mol. The standard InChI is InChI=1S/C18H20N2O5/c1-12-6-4-5-9-19(12)15(21)11-25-16(22)10-20-14-8-3-2-7-13(14)17(23)18(20)24/h2-3,7-8,12H,4-6,9-11H2,1H3/t12-/m0/s1. The summed E-state index contributed by atoms with van der Waals surface area (Å²) < 4.78 is 5.03. The largest absolute Gasteiger partial charge is 0.454 e. The van der Waals surface area contributed by atoms with E-state index in [1.165, 1.54) is 0 Å². The van der Waals surface area contributed by atoms with Gasteiger partial charge >= 0.3 is 5.97 Å². The summed E-state index contributed by atoms with van der Waals surface area (Å²) in [5.41, 5.74) is 0.670. The molecule has 1 fully saturated rings. The minimum atomic E-state index is -0.755. The van der Waals surface area contributed by atoms with Crippen LogP contribution in [0.5, 0.6) is 0 Å². The minimum Gasteiger partial charge on any atom is -0.454 e. The average Bonchev–Trinajstić information content (AvgIpc) is 2.85. The number of likely N-dealkylation sites (tertiary alicyclic amines) is 1. The number of anilines is 1. The minimum absolute atomic E-state index is 0.143. The maximum absolute atomic E-state index is 12.2. The maximum atomic E-state index is 12.2. The molecule has 7 nitrogen and oxygen atoms in total. The van der Waals surface area contributed by atoms with E-state index in [9.17, 15) is 19.2 Å². The van der Waals surface area contributed by atoms with Gasteiger partial charge in [0.15, 0.2) is 6.61 Å². The number of ether oxygens (including phenoxy) is 1. The van der Waals surface area contributed by atoms with Gasteiger partial charge in [0.2, 0.25) is 0 Å². The summed E-state index contributed by atoms with van der Waals surface area (Å²) in [6.45, 7) is 1.92. The fraction of sp³-hybridized carbons (Fsp3) is 0.444. The molecule has 0 N–H and O–H groups in total. The molecule has 0 aromatic heterocycles. The number of fused-ring (bicyclic) bond motifs is 1. The van der Waals surface area contributed by atoms with Gasteiger partial charge < -0.3 is 9.64 Å². The molecule has 0 bridgehead atoms. The van der Waals surface area contributed by atoms with Crippen LogP contribution < -0.4 is 4.90 Å². The third-order valence-corrected chi connectivity index (χ3v) is 4.65. The molecule has 132 valence electrons. The first-order chi connectivity index (χ1) is 12.0. The number of hydrogen-bond donors (Lipinski definition) is 0. The van der Waals surface area contributed by atoms with Crippen molar-refractivity contribution in [3.63, 3.8) is 0 Å². The van der Waals surface area contributed by atoms with Gasteiger partial charge in [-0.15, -0.1) is 0 Å². The number of carbonyl (C=O) groups excluding carboxylic acids is 4. The normalized spacial score (nSPS) is 19.8. The van der Waals surface area contributed by atoms with Crippen LogP contribution in [0.25, 0.3) is 0 Å². The zero-order valence-corrected chi connectivity index (χ0v) is 14.1. The highest BCUT2D eigenvalue weighted by Gasteiger charge is 2.37. The van der Waals surface area contributed by atoms with Gasteiger partial charge in [-0.25, -0.2) is 0 Å². The summed E-state index contributed by atoms with van der Waals surface area (Å²) >= 11 is 0. The molecule has 7 heteroatoms. The lowest BCUT2D eigenvalue weighted by molar-refractivity contribution is -0.152. The number of esters is 1. The summed E-state index contributed by atoms with van der Waals surface area (Å²) in [5, 5.41) is 0. The first-order valence-corrected chi connectivity index (χ1v) is 8.39. The summed E-state index contributed by atoms with van der Waals surface area (Å²) in [7, 11) is 0. The Labute approximate surface area is 145 Å². The van der Waals surface area contributed by atoms with E-state index in [4.69, 9.17) is 4.74 Å². The van der Waals surface area contributed by atoms with Gasteiger partial charge in [-0.3, -0.25) is 24.1 Å². The molecular formula is C18H20N2O5. The third-order valence-electron chi connectivity index (χ3n) is 4.65. The first-order valence-electron chi connectivity index (χ1n) is 8.39. The molecule has 2 heterocycles. The molecule has 0 radical (unpaired) electrons. The van der Waals surface area contributed by atoms with E-state index in [0.29, 0.717) is 12.2 Å². The van der Waals surface area contributed by atoms with E-state index in [1.807, 2.05) is 6.92 Å². The van der Waals surface area contributed by atoms with Crippen LogP contribution in [0.15, 0.2) is 24.3 Å². The van der Waals surface area contributed by atoms with Crippen LogP contribution in [-0.4, -0.2) is 54.2 Å². The van der Waals surface area contributed by atoms with Crippen molar-refractivity contribution in [3.05, 3.63) is 29.8 Å². The van der Waals surface area contributed by atoms with Crippen molar-refractivity contribution < 1.29 is 23.9 Å². The zero-order chi connectivity index (χ0) is 18.0. The molecule has 3 rings (SSSR count). The lowest BCUT2D eigenvalue weighted by Crippen LogP contribution is -2.44. The lowest BCUT2D eigenvalue weighted by Gasteiger charge is -2.33. The number of benzene rings is 1. The van der Waals surface area contributed by atoms with E-state index in [1.54, 1.807) is 29.2 Å². The first kappa shape index (κ1) is 17.1. The quantitative estimate of drug-likeness (QED) is 0.604. The molecule has 1 aromatic carbocycles. The number of nitrogens with zero attached hydrogens (tertiary/aromatic N) is 2. The Kier molecular flexibility index (Phi) is 4.83. The Morgan fingerprint density at radius 2 is 1.96 bits per heavy atom. The number of piperidine rings is 1. The van der Waals surface area contributed by atoms with E-state index in [-0.39, 0.29) is 30.7 Å². The number of carbonyl (C=O) groups is 4. The maximum Gasteiger partial charge on any atom is 0.326 e. The van der Waals surface area contributed by atoms with Crippen LogP contribution in [-0.2, 0) is 19.1 Å². The highest BCUT2D eigenvalue weighted by Crippen LogP contribution is 2.28. The molecule has 25 heavy (non-hydrogen) atoms. The number of amides is 2. The highest BCUT2D eigenvalue weighted by atomic mass is 16.5. The van der Waals surface area contributed by atoms with E-state index < -0.39 is 17.7 Å². The predicted octanol–water partition coefficient (Wildman–Crippen LogP) is 1.16. The van der Waals surface area contributed by atoms with Crippen molar-refractivity contribution in [1.82, 2.24) is 4.90 Å². The zero-order valence-electron chi connectivity index (χ0n) is 14.1. The van der Waals surface area contributed by atoms with Crippen LogP contribution in [0.4, 0.5) is 5.69 Å². The van der Waals surface area contributed by atoms with Crippen molar-refractivity contribution in [2.75, 3.05) is 24.6 Å². The monoisotopic (exact) mass is 344 g/mol. The molecule has 2 aliphatic heterocycles. The number of para-hydroxylation sites is 1. The van der Waals surface area contributed by atoms with E-state index in [0.717, 1.165) is 24.2 Å². The molecule has 0 saturated carbocycles. The summed E-state index contributed by atoms with van der Waals surface area (Å²) in [6, 6.07) is 6.63.